The summed E-state index contributed by atoms with van der Waals surface area (Å²) >= 11 is 0. The molecule has 0 bridgehead atoms. The van der Waals surface area contributed by atoms with E-state index >= 15 is 0 Å². The van der Waals surface area contributed by atoms with Gasteiger partial charge in [-0.1, -0.05) is 0 Å². The van der Waals surface area contributed by atoms with Crippen LogP contribution in [0.1, 0.15) is 25.1 Å². The molecular formula is C9H14N3O. The summed E-state index contributed by atoms with van der Waals surface area (Å²) in [7, 11) is 0. The Morgan fingerprint density at radius 1 is 1.69 bits per heavy atom. The van der Waals surface area contributed by atoms with Gasteiger partial charge in [-0.15, -0.1) is 0 Å². The number of carbonyl (C=O) groups excluding carboxylic acids is 1. The van der Waals surface area contributed by atoms with E-state index in [1.165, 1.54) is 0 Å². The quantitative estimate of drug-likeness (QED) is 0.676. The monoisotopic (exact) mass is 180 g/mol. The van der Waals surface area contributed by atoms with E-state index in [4.69, 9.17) is 5.73 Å². The Balaban J connectivity index is 2.20. The van der Waals surface area contributed by atoms with Crippen LogP contribution in [0, 0.1) is 13.1 Å². The first kappa shape index (κ1) is 9.77. The van der Waals surface area contributed by atoms with Gasteiger partial charge < -0.3 is 10.3 Å². The lowest BCUT2D eigenvalue weighted by Crippen LogP contribution is -2.10. The van der Waals surface area contributed by atoms with Crippen molar-refractivity contribution >= 4 is 5.91 Å². The van der Waals surface area contributed by atoms with E-state index in [2.05, 4.69) is 11.2 Å². The molecule has 0 saturated heterocycles. The fraction of sp³-hybridized carbons (Fsp3) is 0.556. The van der Waals surface area contributed by atoms with Crippen LogP contribution in [0.25, 0.3) is 0 Å². The third-order valence-corrected chi connectivity index (χ3v) is 1.93. The third kappa shape index (κ3) is 3.27. The summed E-state index contributed by atoms with van der Waals surface area (Å²) in [5.41, 5.74) is 5.02. The highest BCUT2D eigenvalue weighted by atomic mass is 16.1. The number of primary amides is 1. The van der Waals surface area contributed by atoms with E-state index in [1.54, 1.807) is 0 Å². The van der Waals surface area contributed by atoms with Crippen molar-refractivity contribution in [2.24, 2.45) is 5.73 Å². The largest absolute Gasteiger partial charge is 0.370 e. The molecule has 0 aliphatic carbocycles. The molecule has 1 amide bonds. The summed E-state index contributed by atoms with van der Waals surface area (Å²) in [6.45, 7) is 2.82. The van der Waals surface area contributed by atoms with Gasteiger partial charge >= 0.3 is 0 Å². The number of imidazole rings is 1. The summed E-state index contributed by atoms with van der Waals surface area (Å²) in [6.07, 6.45) is 6.85. The van der Waals surface area contributed by atoms with Crippen LogP contribution in [0.5, 0.6) is 0 Å². The number of aryl methyl sites for hydroxylation is 2. The Labute approximate surface area is 77.8 Å². The molecule has 0 aliphatic heterocycles. The lowest BCUT2D eigenvalue weighted by atomic mass is 10.2. The number of amides is 1. The van der Waals surface area contributed by atoms with Crippen LogP contribution in [0.2, 0.25) is 0 Å². The molecule has 1 aromatic rings. The molecule has 1 heterocycles. The highest BCUT2D eigenvalue weighted by molar-refractivity contribution is 5.73. The third-order valence-electron chi connectivity index (χ3n) is 1.93. The molecule has 1 aromatic heterocycles. The maximum Gasteiger partial charge on any atom is 0.217 e. The zero-order valence-electron chi connectivity index (χ0n) is 7.79. The van der Waals surface area contributed by atoms with Crippen LogP contribution in [-0.2, 0) is 11.3 Å². The van der Waals surface area contributed by atoms with Crippen LogP contribution >= 0.6 is 0 Å². The Morgan fingerprint density at radius 2 is 2.46 bits per heavy atom. The number of hydrogen-bond acceptors (Lipinski definition) is 2. The minimum atomic E-state index is -0.228. The fourth-order valence-corrected chi connectivity index (χ4v) is 1.16. The lowest BCUT2D eigenvalue weighted by molar-refractivity contribution is -0.118. The Bertz CT molecular complexity index is 280. The van der Waals surface area contributed by atoms with Crippen molar-refractivity contribution in [3.63, 3.8) is 0 Å². The van der Waals surface area contributed by atoms with Gasteiger partial charge in [0.2, 0.25) is 5.91 Å². The van der Waals surface area contributed by atoms with Crippen molar-refractivity contribution in [3.05, 3.63) is 18.2 Å². The van der Waals surface area contributed by atoms with Crippen molar-refractivity contribution in [3.8, 4) is 0 Å². The molecule has 0 aliphatic rings. The van der Waals surface area contributed by atoms with Crippen molar-refractivity contribution in [1.82, 2.24) is 9.55 Å². The van der Waals surface area contributed by atoms with Gasteiger partial charge in [-0.05, 0) is 19.8 Å². The number of unbranched alkanes of at least 4 members (excludes halogenated alkanes) is 1. The van der Waals surface area contributed by atoms with Gasteiger partial charge in [-0.3, -0.25) is 4.79 Å². The van der Waals surface area contributed by atoms with Crippen LogP contribution in [-0.4, -0.2) is 15.5 Å². The van der Waals surface area contributed by atoms with Gasteiger partial charge in [-0.2, -0.15) is 0 Å². The second kappa shape index (κ2) is 4.64. The SMILES string of the molecule is Cc1n[c]cn1CCCCC(N)=O. The highest BCUT2D eigenvalue weighted by Crippen LogP contribution is 2.01. The van der Waals surface area contributed by atoms with Gasteiger partial charge in [0.15, 0.2) is 0 Å². The molecule has 4 heteroatoms. The van der Waals surface area contributed by atoms with Crippen molar-refractivity contribution < 1.29 is 4.79 Å². The average Bonchev–Trinajstić information content (AvgIpc) is 2.45. The molecule has 0 atom stereocenters. The first-order valence-corrected chi connectivity index (χ1v) is 4.38. The van der Waals surface area contributed by atoms with E-state index in [-0.39, 0.29) is 5.91 Å². The minimum absolute atomic E-state index is 0.228. The Hall–Kier alpha value is -1.32. The van der Waals surface area contributed by atoms with Gasteiger partial charge in [0.05, 0.1) is 0 Å². The molecule has 0 spiro atoms. The van der Waals surface area contributed by atoms with Crippen molar-refractivity contribution in [2.45, 2.75) is 32.7 Å². The summed E-state index contributed by atoms with van der Waals surface area (Å²) in [5, 5.41) is 0. The predicted octanol–water partition coefficient (Wildman–Crippen LogP) is 0.647. The number of nitrogens with zero attached hydrogens (tertiary/aromatic N) is 2. The molecule has 71 valence electrons. The van der Waals surface area contributed by atoms with E-state index in [9.17, 15) is 4.79 Å². The van der Waals surface area contributed by atoms with E-state index in [0.29, 0.717) is 6.42 Å². The molecule has 1 rings (SSSR count). The van der Waals surface area contributed by atoms with Gasteiger partial charge in [0, 0.05) is 19.2 Å². The van der Waals surface area contributed by atoms with Crippen LogP contribution in [0.15, 0.2) is 6.20 Å². The standard InChI is InChI=1S/C9H14N3O/c1-8-11-5-7-12(8)6-3-2-4-9(10)13/h7H,2-4,6H2,1H3,(H2,10,13). The van der Waals surface area contributed by atoms with Crippen LogP contribution in [0.3, 0.4) is 0 Å². The fourth-order valence-electron chi connectivity index (χ4n) is 1.16. The normalized spacial score (nSPS) is 10.2. The van der Waals surface area contributed by atoms with Gasteiger partial charge in [-0.25, -0.2) is 4.98 Å². The Kier molecular flexibility index (Phi) is 3.49. The molecule has 13 heavy (non-hydrogen) atoms. The first-order valence-electron chi connectivity index (χ1n) is 4.38. The second-order valence-corrected chi connectivity index (χ2v) is 3.03. The Morgan fingerprint density at radius 3 is 3.00 bits per heavy atom. The smallest absolute Gasteiger partial charge is 0.217 e. The summed E-state index contributed by atoms with van der Waals surface area (Å²) in [4.78, 5) is 14.4. The molecule has 1 radical (unpaired) electrons. The average molecular weight is 180 g/mol. The number of rotatable bonds is 5. The lowest BCUT2D eigenvalue weighted by Gasteiger charge is -2.02. The number of carbonyl (C=O) groups is 1. The maximum absolute atomic E-state index is 10.4. The van der Waals surface area contributed by atoms with Gasteiger partial charge in [0.25, 0.3) is 0 Å². The van der Waals surface area contributed by atoms with E-state index < -0.39 is 0 Å². The summed E-state index contributed by atoms with van der Waals surface area (Å²) in [6, 6.07) is 0. The molecule has 4 nitrogen and oxygen atoms in total. The summed E-state index contributed by atoms with van der Waals surface area (Å²) < 4.78 is 2.01. The van der Waals surface area contributed by atoms with Crippen LogP contribution < -0.4 is 5.73 Å². The number of hydrogen-bond donors (Lipinski definition) is 1. The zero-order valence-corrected chi connectivity index (χ0v) is 7.79. The molecule has 0 aromatic carbocycles. The maximum atomic E-state index is 10.4. The van der Waals surface area contributed by atoms with E-state index in [0.717, 1.165) is 25.2 Å². The van der Waals surface area contributed by atoms with Gasteiger partial charge in [0.1, 0.15) is 12.0 Å². The molecular weight excluding hydrogens is 166 g/mol. The minimum Gasteiger partial charge on any atom is -0.370 e. The molecule has 0 fully saturated rings. The molecule has 0 saturated carbocycles. The predicted molar refractivity (Wildman–Crippen MR) is 48.8 cm³/mol. The van der Waals surface area contributed by atoms with Crippen molar-refractivity contribution in [1.29, 1.82) is 0 Å². The van der Waals surface area contributed by atoms with Crippen LogP contribution in [0.4, 0.5) is 0 Å². The highest BCUT2D eigenvalue weighted by Gasteiger charge is 1.97. The molecule has 0 unspecified atom stereocenters. The summed E-state index contributed by atoms with van der Waals surface area (Å²) in [5.74, 6) is 0.730. The van der Waals surface area contributed by atoms with Crippen molar-refractivity contribution in [2.75, 3.05) is 0 Å². The first-order chi connectivity index (χ1) is 6.20. The number of nitrogens with two attached hydrogens (primary N) is 1. The van der Waals surface area contributed by atoms with E-state index in [1.807, 2.05) is 17.7 Å². The molecule has 2 N–H and O–H groups in total. The second-order valence-electron chi connectivity index (χ2n) is 3.03. The number of aromatic nitrogens is 2. The topological polar surface area (TPSA) is 60.9 Å². The zero-order chi connectivity index (χ0) is 9.68.